The number of nitrogens with one attached hydrogen (secondary N) is 3. The molecule has 9 heteroatoms. The molecule has 2 atom stereocenters. The van der Waals surface area contributed by atoms with Crippen LogP contribution in [0, 0.1) is 11.8 Å². The summed E-state index contributed by atoms with van der Waals surface area (Å²) in [5, 5.41) is 16.8. The van der Waals surface area contributed by atoms with E-state index in [1.807, 2.05) is 12.1 Å². The maximum atomic E-state index is 12.8. The van der Waals surface area contributed by atoms with Crippen LogP contribution in [0.5, 0.6) is 5.75 Å². The minimum Gasteiger partial charge on any atom is -0.497 e. The summed E-state index contributed by atoms with van der Waals surface area (Å²) in [6.45, 7) is 1.15. The molecule has 4 N–H and O–H groups in total. The second-order valence-corrected chi connectivity index (χ2v) is 8.98. The number of rotatable bonds is 13. The number of hydrogen-bond acceptors (Lipinski definition) is 5. The van der Waals surface area contributed by atoms with Gasteiger partial charge in [-0.1, -0.05) is 51.2 Å². The third-order valence-corrected chi connectivity index (χ3v) is 6.21. The molecule has 34 heavy (non-hydrogen) atoms. The Balaban J connectivity index is 1.92. The SMILES string of the molecule is COc1ccc(C[C@H](NC(=O)CCC2CCCCC2)C(=O)NCC(=O)NC[C@H](C)C(=O)O)cc1. The van der Waals surface area contributed by atoms with Gasteiger partial charge in [-0.15, -0.1) is 0 Å². The Morgan fingerprint density at radius 3 is 2.32 bits per heavy atom. The van der Waals surface area contributed by atoms with Gasteiger partial charge in [0, 0.05) is 19.4 Å². The Morgan fingerprint density at radius 1 is 1.03 bits per heavy atom. The molecule has 0 heterocycles. The standard InChI is InChI=1S/C25H37N3O6/c1-17(25(32)33)15-26-23(30)16-27-24(31)21(14-19-8-11-20(34-2)12-9-19)28-22(29)13-10-18-6-4-3-5-7-18/h8-9,11-12,17-18,21H,3-7,10,13-16H2,1-2H3,(H,26,30)(H,27,31)(H,28,29)(H,32,33)/t17-,21-/m0/s1. The predicted molar refractivity (Wildman–Crippen MR) is 127 cm³/mol. The number of benzene rings is 1. The van der Waals surface area contributed by atoms with Gasteiger partial charge < -0.3 is 25.8 Å². The van der Waals surface area contributed by atoms with Crippen LogP contribution in [0.3, 0.4) is 0 Å². The number of carboxylic acids is 1. The Bertz CT molecular complexity index is 820. The number of methoxy groups -OCH3 is 1. The van der Waals surface area contributed by atoms with Gasteiger partial charge in [0.15, 0.2) is 0 Å². The maximum Gasteiger partial charge on any atom is 0.308 e. The zero-order valence-corrected chi connectivity index (χ0v) is 20.1. The second kappa shape index (κ2) is 14.2. The van der Waals surface area contributed by atoms with Crippen molar-refractivity contribution >= 4 is 23.7 Å². The van der Waals surface area contributed by atoms with Crippen LogP contribution in [0.4, 0.5) is 0 Å². The van der Waals surface area contributed by atoms with Gasteiger partial charge in [-0.05, 0) is 30.0 Å². The van der Waals surface area contributed by atoms with Crippen LogP contribution in [0.2, 0.25) is 0 Å². The summed E-state index contributed by atoms with van der Waals surface area (Å²) in [5.74, 6) is -1.64. The van der Waals surface area contributed by atoms with Crippen LogP contribution >= 0.6 is 0 Å². The first-order valence-electron chi connectivity index (χ1n) is 12.0. The van der Waals surface area contributed by atoms with E-state index in [4.69, 9.17) is 9.84 Å². The van der Waals surface area contributed by atoms with Crippen molar-refractivity contribution in [2.75, 3.05) is 20.2 Å². The van der Waals surface area contributed by atoms with Crippen molar-refractivity contribution in [2.24, 2.45) is 11.8 Å². The van der Waals surface area contributed by atoms with Crippen molar-refractivity contribution in [3.63, 3.8) is 0 Å². The number of carbonyl (C=O) groups excluding carboxylic acids is 3. The fourth-order valence-corrected chi connectivity index (χ4v) is 3.99. The monoisotopic (exact) mass is 475 g/mol. The smallest absolute Gasteiger partial charge is 0.308 e. The van der Waals surface area contributed by atoms with E-state index in [0.29, 0.717) is 18.1 Å². The minimum atomic E-state index is -1.01. The molecule has 0 spiro atoms. The van der Waals surface area contributed by atoms with E-state index < -0.39 is 29.7 Å². The Kier molecular flexibility index (Phi) is 11.4. The molecule has 188 valence electrons. The minimum absolute atomic E-state index is 0.0305. The summed E-state index contributed by atoms with van der Waals surface area (Å²) in [7, 11) is 1.57. The summed E-state index contributed by atoms with van der Waals surface area (Å²) < 4.78 is 5.16. The quantitative estimate of drug-likeness (QED) is 0.345. The number of amides is 3. The van der Waals surface area contributed by atoms with Crippen LogP contribution in [0.25, 0.3) is 0 Å². The Labute approximate surface area is 201 Å². The molecule has 1 fully saturated rings. The van der Waals surface area contributed by atoms with Crippen LogP contribution < -0.4 is 20.7 Å². The van der Waals surface area contributed by atoms with Gasteiger partial charge in [0.25, 0.3) is 0 Å². The van der Waals surface area contributed by atoms with Gasteiger partial charge in [-0.3, -0.25) is 19.2 Å². The molecule has 1 aliphatic carbocycles. The van der Waals surface area contributed by atoms with E-state index in [1.165, 1.54) is 26.2 Å². The number of hydrogen-bond donors (Lipinski definition) is 4. The van der Waals surface area contributed by atoms with Gasteiger partial charge in [-0.25, -0.2) is 0 Å². The van der Waals surface area contributed by atoms with Crippen molar-refractivity contribution in [3.05, 3.63) is 29.8 Å². The molecule has 0 saturated heterocycles. The molecule has 1 aliphatic rings. The molecule has 0 bridgehead atoms. The lowest BCUT2D eigenvalue weighted by molar-refractivity contribution is -0.141. The van der Waals surface area contributed by atoms with E-state index in [0.717, 1.165) is 24.8 Å². The molecule has 0 radical (unpaired) electrons. The van der Waals surface area contributed by atoms with E-state index >= 15 is 0 Å². The first-order valence-corrected chi connectivity index (χ1v) is 12.0. The number of ether oxygens (including phenoxy) is 1. The molecule has 1 aromatic carbocycles. The molecule has 0 aromatic heterocycles. The summed E-state index contributed by atoms with van der Waals surface area (Å²) in [5.41, 5.74) is 0.841. The van der Waals surface area contributed by atoms with Crippen LogP contribution in [-0.4, -0.2) is 55.0 Å². The topological polar surface area (TPSA) is 134 Å². The molecule has 0 aliphatic heterocycles. The third-order valence-electron chi connectivity index (χ3n) is 6.21. The van der Waals surface area contributed by atoms with Crippen molar-refractivity contribution < 1.29 is 29.0 Å². The fraction of sp³-hybridized carbons (Fsp3) is 0.600. The van der Waals surface area contributed by atoms with E-state index in [2.05, 4.69) is 16.0 Å². The lowest BCUT2D eigenvalue weighted by Crippen LogP contribution is -2.50. The average Bonchev–Trinajstić information content (AvgIpc) is 2.85. The zero-order valence-electron chi connectivity index (χ0n) is 20.1. The molecule has 1 saturated carbocycles. The van der Waals surface area contributed by atoms with E-state index in [-0.39, 0.29) is 25.4 Å². The molecule has 3 amide bonds. The lowest BCUT2D eigenvalue weighted by Gasteiger charge is -2.22. The highest BCUT2D eigenvalue weighted by Crippen LogP contribution is 2.27. The lowest BCUT2D eigenvalue weighted by atomic mass is 9.86. The maximum absolute atomic E-state index is 12.8. The van der Waals surface area contributed by atoms with Gasteiger partial charge in [0.05, 0.1) is 19.6 Å². The number of carbonyl (C=O) groups is 4. The summed E-state index contributed by atoms with van der Waals surface area (Å²) in [6, 6.07) is 6.39. The van der Waals surface area contributed by atoms with Crippen molar-refractivity contribution in [2.45, 2.75) is 64.3 Å². The highest BCUT2D eigenvalue weighted by Gasteiger charge is 2.23. The highest BCUT2D eigenvalue weighted by molar-refractivity contribution is 5.90. The molecular formula is C25H37N3O6. The summed E-state index contributed by atoms with van der Waals surface area (Å²) >= 11 is 0. The van der Waals surface area contributed by atoms with E-state index in [1.54, 1.807) is 19.2 Å². The highest BCUT2D eigenvalue weighted by atomic mass is 16.5. The second-order valence-electron chi connectivity index (χ2n) is 8.98. The Hall–Kier alpha value is -3.10. The molecule has 9 nitrogen and oxygen atoms in total. The van der Waals surface area contributed by atoms with Crippen LogP contribution in [0.15, 0.2) is 24.3 Å². The first kappa shape index (κ1) is 27.1. The third kappa shape index (κ3) is 9.80. The van der Waals surface area contributed by atoms with E-state index in [9.17, 15) is 19.2 Å². The molecular weight excluding hydrogens is 438 g/mol. The summed E-state index contributed by atoms with van der Waals surface area (Å²) in [6.07, 6.45) is 7.43. The normalized spacial score (nSPS) is 15.6. The van der Waals surface area contributed by atoms with Crippen molar-refractivity contribution in [1.82, 2.24) is 16.0 Å². The predicted octanol–water partition coefficient (Wildman–Crippen LogP) is 2.04. The van der Waals surface area contributed by atoms with Crippen LogP contribution in [0.1, 0.15) is 57.4 Å². The van der Waals surface area contributed by atoms with Gasteiger partial charge >= 0.3 is 5.97 Å². The molecule has 1 aromatic rings. The summed E-state index contributed by atoms with van der Waals surface area (Å²) in [4.78, 5) is 48.3. The molecule has 2 rings (SSSR count). The zero-order chi connectivity index (χ0) is 24.9. The fourth-order valence-electron chi connectivity index (χ4n) is 3.99. The Morgan fingerprint density at radius 2 is 1.71 bits per heavy atom. The van der Waals surface area contributed by atoms with Crippen molar-refractivity contribution in [3.8, 4) is 5.75 Å². The van der Waals surface area contributed by atoms with Gasteiger partial charge in [0.1, 0.15) is 11.8 Å². The van der Waals surface area contributed by atoms with Gasteiger partial charge in [-0.2, -0.15) is 0 Å². The van der Waals surface area contributed by atoms with Crippen molar-refractivity contribution in [1.29, 1.82) is 0 Å². The largest absolute Gasteiger partial charge is 0.497 e. The first-order chi connectivity index (χ1) is 16.3. The van der Waals surface area contributed by atoms with Gasteiger partial charge in [0.2, 0.25) is 17.7 Å². The van der Waals surface area contributed by atoms with Crippen LogP contribution in [-0.2, 0) is 25.6 Å². The number of carboxylic acid groups (broad SMARTS) is 1. The molecule has 0 unspecified atom stereocenters. The average molecular weight is 476 g/mol. The number of aliphatic carboxylic acids is 1.